The lowest BCUT2D eigenvalue weighted by Crippen LogP contribution is -3.08. The number of benzene rings is 2. The number of quaternary nitrogens is 1. The molecule has 23 heavy (non-hydrogen) atoms. The van der Waals surface area contributed by atoms with Gasteiger partial charge in [-0.2, -0.15) is 0 Å². The van der Waals surface area contributed by atoms with Crippen molar-refractivity contribution in [3.05, 3.63) is 70.8 Å². The van der Waals surface area contributed by atoms with Crippen molar-refractivity contribution in [2.75, 3.05) is 13.1 Å². The van der Waals surface area contributed by atoms with Crippen LogP contribution >= 0.6 is 0 Å². The van der Waals surface area contributed by atoms with Crippen LogP contribution in [0.4, 0.5) is 0 Å². The third-order valence-electron chi connectivity index (χ3n) is 4.55. The standard InChI is InChI=1S/C20H24N2O/c1-16-4-10-19(11-5-16)20(23)21-14-17-6-8-18(9-7-17)15-22-12-2-3-13-22/h4-11H,2-3,12-15H2,1H3,(H,21,23)/p+1. The van der Waals surface area contributed by atoms with Crippen LogP contribution in [0.15, 0.2) is 48.5 Å². The molecular weight excluding hydrogens is 284 g/mol. The van der Waals surface area contributed by atoms with Crippen LogP contribution in [0.2, 0.25) is 0 Å². The maximum absolute atomic E-state index is 12.1. The summed E-state index contributed by atoms with van der Waals surface area (Å²) in [6.45, 7) is 6.31. The Kier molecular flexibility index (Phi) is 5.09. The van der Waals surface area contributed by atoms with E-state index < -0.39 is 0 Å². The summed E-state index contributed by atoms with van der Waals surface area (Å²) in [4.78, 5) is 13.8. The molecule has 3 heteroatoms. The molecule has 0 spiro atoms. The summed E-state index contributed by atoms with van der Waals surface area (Å²) in [5, 5.41) is 2.98. The number of hydrogen-bond acceptors (Lipinski definition) is 1. The number of carbonyl (C=O) groups excluding carboxylic acids is 1. The van der Waals surface area contributed by atoms with Crippen LogP contribution in [0.5, 0.6) is 0 Å². The summed E-state index contributed by atoms with van der Waals surface area (Å²) in [7, 11) is 0. The molecule has 1 fully saturated rings. The summed E-state index contributed by atoms with van der Waals surface area (Å²) >= 11 is 0. The Morgan fingerprint density at radius 3 is 2.22 bits per heavy atom. The molecule has 0 atom stereocenters. The molecule has 120 valence electrons. The Morgan fingerprint density at radius 1 is 0.957 bits per heavy atom. The smallest absolute Gasteiger partial charge is 0.251 e. The van der Waals surface area contributed by atoms with Gasteiger partial charge in [0, 0.05) is 30.5 Å². The van der Waals surface area contributed by atoms with E-state index >= 15 is 0 Å². The van der Waals surface area contributed by atoms with Crippen LogP contribution in [-0.4, -0.2) is 19.0 Å². The molecule has 1 saturated heterocycles. The van der Waals surface area contributed by atoms with Crippen molar-refractivity contribution in [2.45, 2.75) is 32.9 Å². The predicted octanol–water partition coefficient (Wildman–Crippen LogP) is 2.10. The van der Waals surface area contributed by atoms with Gasteiger partial charge in [0.05, 0.1) is 13.1 Å². The fourth-order valence-electron chi connectivity index (χ4n) is 3.10. The van der Waals surface area contributed by atoms with Crippen LogP contribution in [0.25, 0.3) is 0 Å². The summed E-state index contributed by atoms with van der Waals surface area (Å²) < 4.78 is 0. The summed E-state index contributed by atoms with van der Waals surface area (Å²) in [6, 6.07) is 16.3. The first-order valence-corrected chi connectivity index (χ1v) is 8.47. The molecule has 3 nitrogen and oxygen atoms in total. The lowest BCUT2D eigenvalue weighted by Gasteiger charge is -2.12. The first kappa shape index (κ1) is 15.8. The van der Waals surface area contributed by atoms with Crippen LogP contribution in [-0.2, 0) is 13.1 Å². The van der Waals surface area contributed by atoms with Gasteiger partial charge in [-0.05, 0) is 24.6 Å². The van der Waals surface area contributed by atoms with Crippen molar-refractivity contribution in [1.29, 1.82) is 0 Å². The third-order valence-corrected chi connectivity index (χ3v) is 4.55. The predicted molar refractivity (Wildman–Crippen MR) is 92.4 cm³/mol. The lowest BCUT2D eigenvalue weighted by molar-refractivity contribution is -0.901. The van der Waals surface area contributed by atoms with Crippen LogP contribution in [0.1, 0.15) is 39.9 Å². The van der Waals surface area contributed by atoms with E-state index in [0.29, 0.717) is 12.1 Å². The van der Waals surface area contributed by atoms with E-state index in [2.05, 4.69) is 29.6 Å². The molecule has 0 saturated carbocycles. The second kappa shape index (κ2) is 7.42. The zero-order valence-corrected chi connectivity index (χ0v) is 13.8. The van der Waals surface area contributed by atoms with E-state index in [4.69, 9.17) is 0 Å². The fraction of sp³-hybridized carbons (Fsp3) is 0.350. The highest BCUT2D eigenvalue weighted by Crippen LogP contribution is 2.06. The average Bonchev–Trinajstić information content (AvgIpc) is 3.07. The van der Waals surface area contributed by atoms with Crippen LogP contribution < -0.4 is 10.2 Å². The van der Waals surface area contributed by atoms with Gasteiger partial charge in [0.25, 0.3) is 5.91 Å². The number of amides is 1. The van der Waals surface area contributed by atoms with Gasteiger partial charge in [-0.3, -0.25) is 4.79 Å². The van der Waals surface area contributed by atoms with Crippen molar-refractivity contribution >= 4 is 5.91 Å². The number of aryl methyl sites for hydroxylation is 1. The van der Waals surface area contributed by atoms with Gasteiger partial charge < -0.3 is 10.2 Å². The number of carbonyl (C=O) groups is 1. The first-order chi connectivity index (χ1) is 11.2. The maximum atomic E-state index is 12.1. The Morgan fingerprint density at radius 2 is 1.57 bits per heavy atom. The molecule has 0 radical (unpaired) electrons. The molecule has 1 amide bonds. The number of rotatable bonds is 5. The lowest BCUT2D eigenvalue weighted by atomic mass is 10.1. The fourth-order valence-corrected chi connectivity index (χ4v) is 3.10. The average molecular weight is 309 g/mol. The molecule has 1 heterocycles. The van der Waals surface area contributed by atoms with Crippen molar-refractivity contribution in [3.63, 3.8) is 0 Å². The minimum absolute atomic E-state index is 0.0180. The number of nitrogens with one attached hydrogen (secondary N) is 2. The Bertz CT molecular complexity index is 640. The van der Waals surface area contributed by atoms with Gasteiger partial charge in [0.1, 0.15) is 6.54 Å². The van der Waals surface area contributed by atoms with Gasteiger partial charge in [0.15, 0.2) is 0 Å². The zero-order chi connectivity index (χ0) is 16.1. The highest BCUT2D eigenvalue weighted by molar-refractivity contribution is 5.94. The Hall–Kier alpha value is -2.13. The van der Waals surface area contributed by atoms with E-state index in [0.717, 1.165) is 17.7 Å². The van der Waals surface area contributed by atoms with Gasteiger partial charge in [-0.25, -0.2) is 0 Å². The maximum Gasteiger partial charge on any atom is 0.251 e. The van der Waals surface area contributed by atoms with Crippen molar-refractivity contribution in [3.8, 4) is 0 Å². The molecular formula is C20H25N2O+. The van der Waals surface area contributed by atoms with Gasteiger partial charge in [-0.15, -0.1) is 0 Å². The van der Waals surface area contributed by atoms with E-state index in [1.165, 1.54) is 31.5 Å². The topological polar surface area (TPSA) is 33.5 Å². The molecule has 0 aliphatic carbocycles. The SMILES string of the molecule is Cc1ccc(C(=O)NCc2ccc(C[NH+]3CCCC3)cc2)cc1. The third kappa shape index (κ3) is 4.42. The van der Waals surface area contributed by atoms with Crippen molar-refractivity contribution < 1.29 is 9.69 Å². The zero-order valence-electron chi connectivity index (χ0n) is 13.8. The highest BCUT2D eigenvalue weighted by Gasteiger charge is 2.15. The Labute approximate surface area is 138 Å². The second-order valence-corrected chi connectivity index (χ2v) is 6.50. The van der Waals surface area contributed by atoms with Crippen LogP contribution in [0, 0.1) is 6.92 Å². The monoisotopic (exact) mass is 309 g/mol. The molecule has 0 aromatic heterocycles. The minimum atomic E-state index is -0.0180. The molecule has 3 rings (SSSR count). The first-order valence-electron chi connectivity index (χ1n) is 8.47. The van der Waals surface area contributed by atoms with Gasteiger partial charge in [0.2, 0.25) is 0 Å². The summed E-state index contributed by atoms with van der Waals surface area (Å²) in [6.07, 6.45) is 2.72. The molecule has 0 bridgehead atoms. The van der Waals surface area contributed by atoms with E-state index in [1.807, 2.05) is 31.2 Å². The molecule has 0 unspecified atom stereocenters. The Balaban J connectivity index is 1.51. The normalized spacial score (nSPS) is 14.8. The summed E-state index contributed by atoms with van der Waals surface area (Å²) in [5.41, 5.74) is 4.41. The number of hydrogen-bond donors (Lipinski definition) is 2. The van der Waals surface area contributed by atoms with E-state index in [9.17, 15) is 4.79 Å². The van der Waals surface area contributed by atoms with Gasteiger partial charge >= 0.3 is 0 Å². The van der Waals surface area contributed by atoms with E-state index in [1.54, 1.807) is 4.90 Å². The number of likely N-dealkylation sites (tertiary alicyclic amines) is 1. The van der Waals surface area contributed by atoms with Crippen LogP contribution in [0.3, 0.4) is 0 Å². The van der Waals surface area contributed by atoms with E-state index in [-0.39, 0.29) is 5.91 Å². The molecule has 2 aromatic rings. The van der Waals surface area contributed by atoms with Crippen molar-refractivity contribution in [1.82, 2.24) is 5.32 Å². The molecule has 2 N–H and O–H groups in total. The second-order valence-electron chi connectivity index (χ2n) is 6.50. The van der Waals surface area contributed by atoms with Crippen molar-refractivity contribution in [2.24, 2.45) is 0 Å². The molecule has 2 aromatic carbocycles. The highest BCUT2D eigenvalue weighted by atomic mass is 16.1. The molecule has 1 aliphatic rings. The minimum Gasteiger partial charge on any atom is -0.348 e. The molecule has 1 aliphatic heterocycles. The quantitative estimate of drug-likeness (QED) is 0.871. The largest absolute Gasteiger partial charge is 0.348 e. The summed E-state index contributed by atoms with van der Waals surface area (Å²) in [5.74, 6) is -0.0180. The van der Waals surface area contributed by atoms with Gasteiger partial charge in [-0.1, -0.05) is 42.0 Å².